The number of ether oxygens (including phenoxy) is 1. The van der Waals surface area contributed by atoms with Crippen LogP contribution in [0.2, 0.25) is 0 Å². The van der Waals surface area contributed by atoms with Crippen LogP contribution in [-0.2, 0) is 0 Å². The minimum absolute atomic E-state index is 0.552. The fraction of sp³-hybridized carbons (Fsp3) is 0. The maximum Gasteiger partial charge on any atom is 0.347 e. The van der Waals surface area contributed by atoms with Crippen molar-refractivity contribution in [1.29, 1.82) is 0 Å². The highest BCUT2D eigenvalue weighted by Crippen LogP contribution is 2.44. The van der Waals surface area contributed by atoms with Crippen LogP contribution in [0.4, 0.5) is 0 Å². The number of carbonyl (C=O) groups excluding carboxylic acids is 1. The average Bonchev–Trinajstić information content (AvgIpc) is 2.47. The summed E-state index contributed by atoms with van der Waals surface area (Å²) in [4.78, 5) is 22.8. The second kappa shape index (κ2) is 5.76. The molecule has 2 rings (SSSR count). The lowest BCUT2D eigenvalue weighted by Crippen LogP contribution is -2.09. The fourth-order valence-electron chi connectivity index (χ4n) is 1.82. The normalized spacial score (nSPS) is 10.3. The molecule has 10 heteroatoms. The number of rotatable bonds is 3. The molecular weight excluding hydrogens is 328 g/mol. The van der Waals surface area contributed by atoms with Crippen LogP contribution in [-0.4, -0.2) is 47.7 Å². The molecule has 0 saturated heterocycles. The highest BCUT2D eigenvalue weighted by molar-refractivity contribution is 5.98. The zero-order chi connectivity index (χ0) is 18.2. The summed E-state index contributed by atoms with van der Waals surface area (Å²) in [5.74, 6) is -9.65. The van der Waals surface area contributed by atoms with E-state index in [4.69, 9.17) is 5.11 Å². The molecule has 0 atom stereocenters. The smallest absolute Gasteiger partial charge is 0.347 e. The molecule has 2 aromatic rings. The Labute approximate surface area is 132 Å². The molecule has 0 bridgehead atoms. The van der Waals surface area contributed by atoms with Gasteiger partial charge in [0.1, 0.15) is 22.6 Å². The molecule has 0 aliphatic heterocycles. The first-order chi connectivity index (χ1) is 11.1. The molecule has 24 heavy (non-hydrogen) atoms. The second-order valence-electron chi connectivity index (χ2n) is 4.52. The van der Waals surface area contributed by atoms with Crippen LogP contribution in [0.1, 0.15) is 20.7 Å². The van der Waals surface area contributed by atoms with Crippen LogP contribution in [0.5, 0.6) is 40.2 Å². The second-order valence-corrected chi connectivity index (χ2v) is 4.52. The Morgan fingerprint density at radius 2 is 1.42 bits per heavy atom. The number of aromatic carboxylic acids is 1. The Morgan fingerprint density at radius 3 is 2.00 bits per heavy atom. The standard InChI is InChI=1S/C14H10O10/c15-4-1-5(10(18)7(17)2-4)14(23)24-8-3-6(16)9(13(21)22)12(20)11(8)19/h1-3,15-20H,(H,21,22). The lowest BCUT2D eigenvalue weighted by Gasteiger charge is -2.11. The maximum absolute atomic E-state index is 11.9. The van der Waals surface area contributed by atoms with E-state index in [0.717, 1.165) is 12.1 Å². The molecule has 0 aliphatic rings. The summed E-state index contributed by atoms with van der Waals surface area (Å²) in [7, 11) is 0. The van der Waals surface area contributed by atoms with Crippen LogP contribution < -0.4 is 4.74 Å². The molecule has 0 unspecified atom stereocenters. The van der Waals surface area contributed by atoms with Crippen molar-refractivity contribution in [2.45, 2.75) is 0 Å². The monoisotopic (exact) mass is 338 g/mol. The maximum atomic E-state index is 11.9. The molecule has 0 fully saturated rings. The van der Waals surface area contributed by atoms with Gasteiger partial charge in [-0.05, 0) is 6.07 Å². The number of carboxylic acid groups (broad SMARTS) is 1. The van der Waals surface area contributed by atoms with Gasteiger partial charge in [0.25, 0.3) is 0 Å². The number of hydrogen-bond acceptors (Lipinski definition) is 9. The summed E-state index contributed by atoms with van der Waals surface area (Å²) >= 11 is 0. The summed E-state index contributed by atoms with van der Waals surface area (Å²) in [5.41, 5.74) is -1.70. The van der Waals surface area contributed by atoms with Gasteiger partial charge >= 0.3 is 11.9 Å². The van der Waals surface area contributed by atoms with Crippen LogP contribution in [0, 0.1) is 0 Å². The van der Waals surface area contributed by atoms with E-state index < -0.39 is 63.3 Å². The minimum Gasteiger partial charge on any atom is -0.508 e. The Bertz CT molecular complexity index is 855. The van der Waals surface area contributed by atoms with Crippen LogP contribution in [0.25, 0.3) is 0 Å². The number of phenolic OH excluding ortho intramolecular Hbond substituents is 4. The van der Waals surface area contributed by atoms with Crippen LogP contribution in [0.3, 0.4) is 0 Å². The number of esters is 1. The van der Waals surface area contributed by atoms with Gasteiger partial charge in [0, 0.05) is 12.1 Å². The third-order valence-electron chi connectivity index (χ3n) is 2.93. The van der Waals surface area contributed by atoms with Crippen molar-refractivity contribution >= 4 is 11.9 Å². The van der Waals surface area contributed by atoms with Gasteiger partial charge in [-0.3, -0.25) is 0 Å². The Morgan fingerprint density at radius 1 is 0.792 bits per heavy atom. The lowest BCUT2D eigenvalue weighted by molar-refractivity contribution is 0.0689. The Kier molecular flexibility index (Phi) is 3.97. The van der Waals surface area contributed by atoms with Crippen molar-refractivity contribution < 1.29 is 50.1 Å². The molecule has 2 aromatic carbocycles. The van der Waals surface area contributed by atoms with E-state index in [1.54, 1.807) is 0 Å². The van der Waals surface area contributed by atoms with Crippen molar-refractivity contribution in [3.8, 4) is 40.2 Å². The van der Waals surface area contributed by atoms with Gasteiger partial charge in [-0.1, -0.05) is 0 Å². The highest BCUT2D eigenvalue weighted by atomic mass is 16.5. The lowest BCUT2D eigenvalue weighted by atomic mass is 10.1. The van der Waals surface area contributed by atoms with E-state index in [9.17, 15) is 40.2 Å². The van der Waals surface area contributed by atoms with Gasteiger partial charge in [-0.25, -0.2) is 9.59 Å². The van der Waals surface area contributed by atoms with E-state index >= 15 is 0 Å². The quantitative estimate of drug-likeness (QED) is 0.183. The first-order valence-electron chi connectivity index (χ1n) is 6.11. The predicted molar refractivity (Wildman–Crippen MR) is 74.8 cm³/mol. The molecule has 7 N–H and O–H groups in total. The summed E-state index contributed by atoms with van der Waals surface area (Å²) in [6.45, 7) is 0. The minimum atomic E-state index is -1.74. The number of phenols is 6. The third-order valence-corrected chi connectivity index (χ3v) is 2.93. The van der Waals surface area contributed by atoms with E-state index in [0.29, 0.717) is 6.07 Å². The van der Waals surface area contributed by atoms with Crippen molar-refractivity contribution in [3.05, 3.63) is 29.3 Å². The number of carboxylic acids is 1. The van der Waals surface area contributed by atoms with Gasteiger partial charge < -0.3 is 40.5 Å². The molecule has 0 heterocycles. The number of aromatic hydroxyl groups is 6. The van der Waals surface area contributed by atoms with Crippen molar-refractivity contribution in [3.63, 3.8) is 0 Å². The summed E-state index contributed by atoms with van der Waals surface area (Å²) < 4.78 is 4.63. The first kappa shape index (κ1) is 16.5. The zero-order valence-corrected chi connectivity index (χ0v) is 11.6. The molecule has 0 radical (unpaired) electrons. The highest BCUT2D eigenvalue weighted by Gasteiger charge is 2.26. The van der Waals surface area contributed by atoms with Gasteiger partial charge in [0.2, 0.25) is 5.75 Å². The van der Waals surface area contributed by atoms with Gasteiger partial charge in [0.05, 0.1) is 0 Å². The van der Waals surface area contributed by atoms with Crippen molar-refractivity contribution in [1.82, 2.24) is 0 Å². The Hall–Kier alpha value is -3.82. The number of carbonyl (C=O) groups is 2. The molecule has 0 aliphatic carbocycles. The van der Waals surface area contributed by atoms with Gasteiger partial charge in [0.15, 0.2) is 23.0 Å². The Balaban J connectivity index is 2.46. The largest absolute Gasteiger partial charge is 0.508 e. The van der Waals surface area contributed by atoms with Crippen LogP contribution >= 0.6 is 0 Å². The molecule has 0 aromatic heterocycles. The molecule has 126 valence electrons. The van der Waals surface area contributed by atoms with Crippen molar-refractivity contribution in [2.24, 2.45) is 0 Å². The number of hydrogen-bond donors (Lipinski definition) is 7. The first-order valence-corrected chi connectivity index (χ1v) is 6.11. The zero-order valence-electron chi connectivity index (χ0n) is 11.6. The molecule has 10 nitrogen and oxygen atoms in total. The third kappa shape index (κ3) is 2.75. The van der Waals surface area contributed by atoms with Crippen molar-refractivity contribution in [2.75, 3.05) is 0 Å². The molecular formula is C14H10O10. The predicted octanol–water partition coefficient (Wildman–Crippen LogP) is 0.838. The summed E-state index contributed by atoms with van der Waals surface area (Å²) in [5, 5.41) is 65.7. The van der Waals surface area contributed by atoms with Crippen LogP contribution in [0.15, 0.2) is 18.2 Å². The molecule has 0 amide bonds. The number of benzene rings is 2. The summed E-state index contributed by atoms with van der Waals surface area (Å²) in [6.07, 6.45) is 0. The van der Waals surface area contributed by atoms with E-state index in [1.165, 1.54) is 0 Å². The van der Waals surface area contributed by atoms with Gasteiger partial charge in [-0.2, -0.15) is 0 Å². The van der Waals surface area contributed by atoms with E-state index in [2.05, 4.69) is 4.74 Å². The SMILES string of the molecule is O=C(Oc1cc(O)c(C(=O)O)c(O)c1O)c1cc(O)cc(O)c1O. The summed E-state index contributed by atoms with van der Waals surface area (Å²) in [6, 6.07) is 2.05. The fourth-order valence-corrected chi connectivity index (χ4v) is 1.82. The molecule has 0 spiro atoms. The van der Waals surface area contributed by atoms with Gasteiger partial charge in [-0.15, -0.1) is 0 Å². The topological polar surface area (TPSA) is 185 Å². The molecule has 0 saturated carbocycles. The van der Waals surface area contributed by atoms with E-state index in [-0.39, 0.29) is 0 Å². The van der Waals surface area contributed by atoms with E-state index in [1.807, 2.05) is 0 Å². The average molecular weight is 338 g/mol.